The molecule has 0 aromatic carbocycles. The van der Waals surface area contributed by atoms with Gasteiger partial charge in [0.2, 0.25) is 0 Å². The number of nitrogens with two attached hydrogens (primary N) is 1. The first kappa shape index (κ1) is 12.9. The Morgan fingerprint density at radius 2 is 2.00 bits per heavy atom. The molecule has 0 amide bonds. The van der Waals surface area contributed by atoms with Gasteiger partial charge in [-0.2, -0.15) is 0 Å². The van der Waals surface area contributed by atoms with E-state index < -0.39 is 5.54 Å². The second kappa shape index (κ2) is 6.35. The maximum atomic E-state index is 8.92. The third kappa shape index (κ3) is 6.99. The maximum absolute atomic E-state index is 8.92. The molecule has 0 radical (unpaired) electrons. The minimum absolute atomic E-state index is 0.0739. The lowest BCUT2D eigenvalue weighted by atomic mass is 9.98. The molecule has 0 fully saturated rings. The van der Waals surface area contributed by atoms with Crippen LogP contribution >= 0.6 is 0 Å². The van der Waals surface area contributed by atoms with Gasteiger partial charge in [0.1, 0.15) is 0 Å². The zero-order valence-corrected chi connectivity index (χ0v) is 9.21. The predicted octanol–water partition coefficient (Wildman–Crippen LogP) is 0.818. The zero-order chi connectivity index (χ0) is 10.3. The molecule has 0 aliphatic carbocycles. The van der Waals surface area contributed by atoms with Crippen LogP contribution < -0.4 is 5.73 Å². The van der Waals surface area contributed by atoms with E-state index in [1.807, 2.05) is 6.92 Å². The molecule has 0 heterocycles. The summed E-state index contributed by atoms with van der Waals surface area (Å²) in [5, 5.41) is 8.92. The van der Waals surface area contributed by atoms with Gasteiger partial charge >= 0.3 is 0 Å². The topological polar surface area (TPSA) is 49.5 Å². The lowest BCUT2D eigenvalue weighted by Crippen LogP contribution is -2.40. The van der Waals surface area contributed by atoms with Crippen LogP contribution in [-0.2, 0) is 0 Å². The van der Waals surface area contributed by atoms with Gasteiger partial charge < -0.3 is 15.7 Å². The molecule has 1 unspecified atom stereocenters. The van der Waals surface area contributed by atoms with Gasteiger partial charge in [0.15, 0.2) is 0 Å². The van der Waals surface area contributed by atoms with Crippen molar-refractivity contribution in [2.75, 3.05) is 26.7 Å². The minimum Gasteiger partial charge on any atom is -0.394 e. The number of hydrogen-bond donors (Lipinski definition) is 2. The number of rotatable bonds is 7. The van der Waals surface area contributed by atoms with Crippen molar-refractivity contribution < 1.29 is 5.11 Å². The monoisotopic (exact) mass is 188 g/mol. The Hall–Kier alpha value is -0.120. The average molecular weight is 188 g/mol. The van der Waals surface area contributed by atoms with Crippen LogP contribution in [0, 0.1) is 0 Å². The van der Waals surface area contributed by atoms with Gasteiger partial charge in [0.05, 0.1) is 6.61 Å². The fraction of sp³-hybridized carbons (Fsp3) is 1.00. The van der Waals surface area contributed by atoms with Crippen LogP contribution in [0.4, 0.5) is 0 Å². The van der Waals surface area contributed by atoms with Crippen molar-refractivity contribution >= 4 is 0 Å². The van der Waals surface area contributed by atoms with E-state index in [0.717, 1.165) is 25.9 Å². The van der Waals surface area contributed by atoms with Crippen LogP contribution in [0.25, 0.3) is 0 Å². The normalized spacial score (nSPS) is 16.2. The summed E-state index contributed by atoms with van der Waals surface area (Å²) in [5.74, 6) is 0. The summed E-state index contributed by atoms with van der Waals surface area (Å²) in [7, 11) is 2.12. The Balaban J connectivity index is 3.44. The Morgan fingerprint density at radius 3 is 2.46 bits per heavy atom. The van der Waals surface area contributed by atoms with Crippen molar-refractivity contribution in [2.24, 2.45) is 5.73 Å². The van der Waals surface area contributed by atoms with E-state index in [4.69, 9.17) is 10.8 Å². The Labute approximate surface area is 81.9 Å². The summed E-state index contributed by atoms with van der Waals surface area (Å²) in [5.41, 5.74) is 5.41. The molecule has 0 saturated carbocycles. The van der Waals surface area contributed by atoms with Crippen molar-refractivity contribution in [3.05, 3.63) is 0 Å². The van der Waals surface area contributed by atoms with E-state index in [-0.39, 0.29) is 6.61 Å². The molecule has 0 rings (SSSR count). The number of hydrogen-bond acceptors (Lipinski definition) is 3. The van der Waals surface area contributed by atoms with E-state index in [0.29, 0.717) is 0 Å². The molecule has 0 spiro atoms. The Kier molecular flexibility index (Phi) is 6.29. The van der Waals surface area contributed by atoms with E-state index in [2.05, 4.69) is 18.9 Å². The largest absolute Gasteiger partial charge is 0.394 e. The lowest BCUT2D eigenvalue weighted by molar-refractivity contribution is 0.192. The molecule has 3 nitrogen and oxygen atoms in total. The average Bonchev–Trinajstić information content (AvgIpc) is 2.05. The van der Waals surface area contributed by atoms with Crippen molar-refractivity contribution in [2.45, 2.75) is 38.6 Å². The van der Waals surface area contributed by atoms with Gasteiger partial charge in [-0.3, -0.25) is 0 Å². The number of nitrogens with zero attached hydrogens (tertiary/aromatic N) is 1. The molecular formula is C10H24N2O. The summed E-state index contributed by atoms with van der Waals surface area (Å²) in [4.78, 5) is 2.30. The molecule has 0 bridgehead atoms. The second-order valence-electron chi connectivity index (χ2n) is 4.22. The van der Waals surface area contributed by atoms with Crippen LogP contribution in [0.3, 0.4) is 0 Å². The van der Waals surface area contributed by atoms with Crippen LogP contribution in [-0.4, -0.2) is 42.3 Å². The van der Waals surface area contributed by atoms with Gasteiger partial charge in [0, 0.05) is 5.54 Å². The summed E-state index contributed by atoms with van der Waals surface area (Å²) in [6, 6.07) is 0. The van der Waals surface area contributed by atoms with Crippen LogP contribution in [0.15, 0.2) is 0 Å². The number of aliphatic hydroxyl groups is 1. The molecule has 0 aliphatic rings. The highest BCUT2D eigenvalue weighted by Gasteiger charge is 2.16. The zero-order valence-electron chi connectivity index (χ0n) is 9.21. The quantitative estimate of drug-likeness (QED) is 0.622. The predicted molar refractivity (Wildman–Crippen MR) is 56.7 cm³/mol. The van der Waals surface area contributed by atoms with Crippen LogP contribution in [0.2, 0.25) is 0 Å². The molecule has 3 heteroatoms. The summed E-state index contributed by atoms with van der Waals surface area (Å²) < 4.78 is 0. The van der Waals surface area contributed by atoms with Crippen molar-refractivity contribution in [3.8, 4) is 0 Å². The standard InChI is InChI=1S/C10H24N2O/c1-4-7-12(3)8-5-6-10(2,11)9-13/h13H,4-9,11H2,1-3H3. The third-order valence-corrected chi connectivity index (χ3v) is 2.25. The lowest BCUT2D eigenvalue weighted by Gasteiger charge is -2.23. The van der Waals surface area contributed by atoms with E-state index in [1.54, 1.807) is 0 Å². The molecular weight excluding hydrogens is 164 g/mol. The van der Waals surface area contributed by atoms with Gasteiger partial charge in [-0.25, -0.2) is 0 Å². The summed E-state index contributed by atoms with van der Waals surface area (Å²) in [6.07, 6.45) is 3.14. The van der Waals surface area contributed by atoms with Gasteiger partial charge in [-0.15, -0.1) is 0 Å². The van der Waals surface area contributed by atoms with E-state index in [1.165, 1.54) is 6.42 Å². The highest BCUT2D eigenvalue weighted by molar-refractivity contribution is 4.77. The molecule has 1 atom stereocenters. The van der Waals surface area contributed by atoms with E-state index >= 15 is 0 Å². The van der Waals surface area contributed by atoms with E-state index in [9.17, 15) is 0 Å². The summed E-state index contributed by atoms with van der Waals surface area (Å²) >= 11 is 0. The number of aliphatic hydroxyl groups excluding tert-OH is 1. The minimum atomic E-state index is -0.396. The van der Waals surface area contributed by atoms with Crippen LogP contribution in [0.1, 0.15) is 33.1 Å². The Morgan fingerprint density at radius 1 is 1.38 bits per heavy atom. The molecule has 0 aromatic heterocycles. The molecule has 0 aromatic rings. The molecule has 80 valence electrons. The van der Waals surface area contributed by atoms with Crippen molar-refractivity contribution in [3.63, 3.8) is 0 Å². The maximum Gasteiger partial charge on any atom is 0.0608 e. The SMILES string of the molecule is CCCN(C)CCCC(C)(N)CO. The second-order valence-corrected chi connectivity index (χ2v) is 4.22. The smallest absolute Gasteiger partial charge is 0.0608 e. The van der Waals surface area contributed by atoms with Gasteiger partial charge in [-0.05, 0) is 46.3 Å². The Bertz CT molecular complexity index is 126. The molecule has 13 heavy (non-hydrogen) atoms. The van der Waals surface area contributed by atoms with Crippen LogP contribution in [0.5, 0.6) is 0 Å². The van der Waals surface area contributed by atoms with Gasteiger partial charge in [0.25, 0.3) is 0 Å². The molecule has 3 N–H and O–H groups in total. The fourth-order valence-electron chi connectivity index (χ4n) is 1.33. The summed E-state index contributed by atoms with van der Waals surface area (Å²) in [6.45, 7) is 6.36. The fourth-order valence-corrected chi connectivity index (χ4v) is 1.33. The first-order chi connectivity index (χ1) is 6.02. The first-order valence-corrected chi connectivity index (χ1v) is 5.10. The first-order valence-electron chi connectivity index (χ1n) is 5.10. The third-order valence-electron chi connectivity index (χ3n) is 2.25. The molecule has 0 saturated heterocycles. The van der Waals surface area contributed by atoms with Gasteiger partial charge in [-0.1, -0.05) is 6.92 Å². The molecule has 0 aliphatic heterocycles. The highest BCUT2D eigenvalue weighted by Crippen LogP contribution is 2.07. The van der Waals surface area contributed by atoms with Crippen molar-refractivity contribution in [1.82, 2.24) is 4.90 Å². The van der Waals surface area contributed by atoms with Crippen molar-refractivity contribution in [1.29, 1.82) is 0 Å². The highest BCUT2D eigenvalue weighted by atomic mass is 16.3.